The molecule has 0 fully saturated rings. The Balaban J connectivity index is 1.58. The number of nitrogens with one attached hydrogen (secondary N) is 2. The summed E-state index contributed by atoms with van der Waals surface area (Å²) in [6, 6.07) is 7.00. The van der Waals surface area contributed by atoms with Crippen molar-refractivity contribution in [3.05, 3.63) is 71.9 Å². The van der Waals surface area contributed by atoms with Gasteiger partial charge >= 0.3 is 18.2 Å². The number of amides is 2. The Hall–Kier alpha value is -4.68. The first kappa shape index (κ1) is 24.4. The SMILES string of the molecule is CCOC(=O)c1cn2ncnc(N)c2c1-c1ccc(NC(=O)Nc2cc(F)cc(C(F)(F)F)c2)cc1. The van der Waals surface area contributed by atoms with Gasteiger partial charge in [-0.1, -0.05) is 12.1 Å². The zero-order chi connectivity index (χ0) is 26.0. The van der Waals surface area contributed by atoms with Crippen LogP contribution in [0.4, 0.5) is 39.5 Å². The average molecular weight is 502 g/mol. The van der Waals surface area contributed by atoms with E-state index in [0.29, 0.717) is 28.8 Å². The van der Waals surface area contributed by atoms with E-state index in [2.05, 4.69) is 20.7 Å². The highest BCUT2D eigenvalue weighted by Crippen LogP contribution is 2.34. The van der Waals surface area contributed by atoms with Gasteiger partial charge < -0.3 is 21.1 Å². The van der Waals surface area contributed by atoms with Crippen molar-refractivity contribution in [1.29, 1.82) is 0 Å². The molecule has 2 aromatic carbocycles. The number of nitrogen functional groups attached to an aromatic ring is 1. The van der Waals surface area contributed by atoms with Crippen LogP contribution >= 0.6 is 0 Å². The number of nitrogens with zero attached hydrogens (tertiary/aromatic N) is 3. The van der Waals surface area contributed by atoms with Gasteiger partial charge in [0.25, 0.3) is 0 Å². The lowest BCUT2D eigenvalue weighted by Gasteiger charge is -2.12. The summed E-state index contributed by atoms with van der Waals surface area (Å²) in [5.74, 6) is -1.61. The molecule has 36 heavy (non-hydrogen) atoms. The number of ether oxygens (including phenoxy) is 1. The van der Waals surface area contributed by atoms with Gasteiger partial charge in [-0.05, 0) is 42.8 Å². The standard InChI is InChI=1S/C23H18F4N6O3/c1-2-36-21(34)17-10-33-19(20(28)29-11-30-33)18(17)12-3-5-15(6-4-12)31-22(35)32-16-8-13(23(25,26)27)7-14(24)9-16/h3-11H,2H2,1H3,(H2,28,29,30)(H2,31,32,35). The van der Waals surface area contributed by atoms with E-state index < -0.39 is 29.6 Å². The third-order valence-corrected chi connectivity index (χ3v) is 5.01. The molecule has 2 heterocycles. The van der Waals surface area contributed by atoms with Crippen LogP contribution in [0.15, 0.2) is 55.0 Å². The first-order chi connectivity index (χ1) is 17.1. The van der Waals surface area contributed by atoms with E-state index in [1.165, 1.54) is 29.2 Å². The third-order valence-electron chi connectivity index (χ3n) is 5.01. The summed E-state index contributed by atoms with van der Waals surface area (Å²) in [5.41, 5.74) is 6.22. The van der Waals surface area contributed by atoms with Crippen LogP contribution in [0.2, 0.25) is 0 Å². The molecule has 2 amide bonds. The maximum absolute atomic E-state index is 13.6. The number of alkyl halides is 3. The minimum Gasteiger partial charge on any atom is -0.462 e. The maximum atomic E-state index is 13.6. The molecule has 9 nitrogen and oxygen atoms in total. The fourth-order valence-corrected chi connectivity index (χ4v) is 3.53. The van der Waals surface area contributed by atoms with Gasteiger partial charge in [0, 0.05) is 23.1 Å². The van der Waals surface area contributed by atoms with Crippen molar-refractivity contribution >= 4 is 34.7 Å². The van der Waals surface area contributed by atoms with Crippen molar-refractivity contribution in [1.82, 2.24) is 14.6 Å². The monoisotopic (exact) mass is 502 g/mol. The number of benzene rings is 2. The molecule has 0 spiro atoms. The number of fused-ring (bicyclic) bond motifs is 1. The maximum Gasteiger partial charge on any atom is 0.416 e. The van der Waals surface area contributed by atoms with Gasteiger partial charge in [-0.25, -0.2) is 23.5 Å². The molecule has 0 saturated carbocycles. The molecule has 4 N–H and O–H groups in total. The van der Waals surface area contributed by atoms with Crippen LogP contribution in [-0.2, 0) is 10.9 Å². The lowest BCUT2D eigenvalue weighted by molar-refractivity contribution is -0.137. The molecule has 0 saturated heterocycles. The predicted molar refractivity (Wildman–Crippen MR) is 123 cm³/mol. The van der Waals surface area contributed by atoms with Crippen LogP contribution in [0.5, 0.6) is 0 Å². The second-order valence-electron chi connectivity index (χ2n) is 7.46. The molecule has 0 bridgehead atoms. The van der Waals surface area contributed by atoms with Gasteiger partial charge in [-0.15, -0.1) is 0 Å². The van der Waals surface area contributed by atoms with Crippen LogP contribution < -0.4 is 16.4 Å². The summed E-state index contributed by atoms with van der Waals surface area (Å²) in [6.07, 6.45) is -2.07. The number of carbonyl (C=O) groups excluding carboxylic acids is 2. The number of halogens is 4. The zero-order valence-corrected chi connectivity index (χ0v) is 18.6. The minimum atomic E-state index is -4.77. The molecule has 0 aliphatic rings. The van der Waals surface area contributed by atoms with Crippen LogP contribution in [0.1, 0.15) is 22.8 Å². The summed E-state index contributed by atoms with van der Waals surface area (Å²) >= 11 is 0. The normalized spacial score (nSPS) is 11.4. The van der Waals surface area contributed by atoms with Crippen molar-refractivity contribution in [3.63, 3.8) is 0 Å². The molecular formula is C23H18F4N6O3. The molecule has 0 radical (unpaired) electrons. The molecule has 0 aliphatic heterocycles. The van der Waals surface area contributed by atoms with Crippen LogP contribution in [0, 0.1) is 5.82 Å². The average Bonchev–Trinajstić information content (AvgIpc) is 3.20. The topological polar surface area (TPSA) is 124 Å². The van der Waals surface area contributed by atoms with Crippen LogP contribution in [0.3, 0.4) is 0 Å². The Morgan fingerprint density at radius 1 is 1.08 bits per heavy atom. The van der Waals surface area contributed by atoms with Gasteiger partial charge in [0.1, 0.15) is 17.7 Å². The summed E-state index contributed by atoms with van der Waals surface area (Å²) in [4.78, 5) is 28.8. The molecule has 4 aromatic rings. The van der Waals surface area contributed by atoms with E-state index in [1.807, 2.05) is 0 Å². The molecule has 186 valence electrons. The number of hydrogen-bond donors (Lipinski definition) is 3. The summed E-state index contributed by atoms with van der Waals surface area (Å²) < 4.78 is 58.8. The lowest BCUT2D eigenvalue weighted by atomic mass is 10.0. The highest BCUT2D eigenvalue weighted by atomic mass is 19.4. The quantitative estimate of drug-likeness (QED) is 0.262. The van der Waals surface area contributed by atoms with E-state index in [-0.39, 0.29) is 29.4 Å². The fourth-order valence-electron chi connectivity index (χ4n) is 3.53. The summed E-state index contributed by atoms with van der Waals surface area (Å²) in [5, 5.41) is 8.69. The van der Waals surface area contributed by atoms with Crippen LogP contribution in [0.25, 0.3) is 16.6 Å². The molecular weight excluding hydrogens is 484 g/mol. The highest BCUT2D eigenvalue weighted by molar-refractivity contribution is 6.05. The summed E-state index contributed by atoms with van der Waals surface area (Å²) in [7, 11) is 0. The van der Waals surface area contributed by atoms with E-state index in [4.69, 9.17) is 10.5 Å². The third kappa shape index (κ3) is 5.04. The number of rotatable bonds is 5. The number of urea groups is 1. The molecule has 0 atom stereocenters. The highest BCUT2D eigenvalue weighted by Gasteiger charge is 2.31. The first-order valence-corrected chi connectivity index (χ1v) is 10.4. The molecule has 13 heteroatoms. The molecule has 0 unspecified atom stereocenters. The van der Waals surface area contributed by atoms with Gasteiger partial charge in [0.05, 0.1) is 17.7 Å². The van der Waals surface area contributed by atoms with Crippen LogP contribution in [-0.4, -0.2) is 33.2 Å². The number of anilines is 3. The number of nitrogens with two attached hydrogens (primary N) is 1. The second kappa shape index (κ2) is 9.52. The molecule has 2 aromatic heterocycles. The zero-order valence-electron chi connectivity index (χ0n) is 18.6. The number of carbonyl (C=O) groups is 2. The Morgan fingerprint density at radius 2 is 1.78 bits per heavy atom. The summed E-state index contributed by atoms with van der Waals surface area (Å²) in [6.45, 7) is 1.82. The van der Waals surface area contributed by atoms with Gasteiger partial charge in [-0.2, -0.15) is 18.3 Å². The van der Waals surface area contributed by atoms with Crippen molar-refractivity contribution in [3.8, 4) is 11.1 Å². The van der Waals surface area contributed by atoms with Crippen molar-refractivity contribution < 1.29 is 31.9 Å². The van der Waals surface area contributed by atoms with Crippen molar-refractivity contribution in [2.45, 2.75) is 13.1 Å². The predicted octanol–water partition coefficient (Wildman–Crippen LogP) is 4.96. The number of esters is 1. The molecule has 4 rings (SSSR count). The largest absolute Gasteiger partial charge is 0.462 e. The van der Waals surface area contributed by atoms with Gasteiger partial charge in [0.15, 0.2) is 5.82 Å². The Labute approximate surface area is 200 Å². The lowest BCUT2D eigenvalue weighted by Crippen LogP contribution is -2.20. The number of aromatic nitrogens is 3. The van der Waals surface area contributed by atoms with Crippen molar-refractivity contribution in [2.24, 2.45) is 0 Å². The van der Waals surface area contributed by atoms with Gasteiger partial charge in [-0.3, -0.25) is 0 Å². The second-order valence-corrected chi connectivity index (χ2v) is 7.46. The minimum absolute atomic E-state index is 0.130. The first-order valence-electron chi connectivity index (χ1n) is 10.4. The van der Waals surface area contributed by atoms with E-state index in [9.17, 15) is 27.2 Å². The number of hydrogen-bond acceptors (Lipinski definition) is 6. The van der Waals surface area contributed by atoms with E-state index in [0.717, 1.165) is 6.07 Å². The Bertz CT molecular complexity index is 1450. The van der Waals surface area contributed by atoms with E-state index >= 15 is 0 Å². The Kier molecular flexibility index (Phi) is 6.47. The smallest absolute Gasteiger partial charge is 0.416 e. The van der Waals surface area contributed by atoms with Gasteiger partial charge in [0.2, 0.25) is 0 Å². The van der Waals surface area contributed by atoms with E-state index in [1.54, 1.807) is 19.1 Å². The van der Waals surface area contributed by atoms with Crippen molar-refractivity contribution in [2.75, 3.05) is 23.0 Å². The molecule has 0 aliphatic carbocycles. The fraction of sp³-hybridized carbons (Fsp3) is 0.130. The Morgan fingerprint density at radius 3 is 2.44 bits per heavy atom.